The molecule has 2 unspecified atom stereocenters. The van der Waals surface area contributed by atoms with E-state index in [1.165, 1.54) is 18.0 Å². The summed E-state index contributed by atoms with van der Waals surface area (Å²) in [5.41, 5.74) is -0.764. The second kappa shape index (κ2) is 6.84. The van der Waals surface area contributed by atoms with Gasteiger partial charge in [0.1, 0.15) is 5.69 Å². The molecular weight excluding hydrogens is 415 g/mol. The Balaban J connectivity index is 1.18. The van der Waals surface area contributed by atoms with Crippen LogP contribution < -0.4 is 0 Å². The number of halogens is 3. The van der Waals surface area contributed by atoms with Crippen molar-refractivity contribution in [1.29, 1.82) is 0 Å². The van der Waals surface area contributed by atoms with E-state index in [9.17, 15) is 18.0 Å². The van der Waals surface area contributed by atoms with Gasteiger partial charge in [-0.3, -0.25) is 4.79 Å². The van der Waals surface area contributed by atoms with Crippen LogP contribution in [0.5, 0.6) is 0 Å². The van der Waals surface area contributed by atoms with Gasteiger partial charge < -0.3 is 9.64 Å². The maximum absolute atomic E-state index is 13.2. The average molecular weight is 442 g/mol. The molecule has 5 aliphatic rings. The fourth-order valence-corrected chi connectivity index (χ4v) is 6.99. The molecule has 0 aromatic carbocycles. The van der Waals surface area contributed by atoms with Gasteiger partial charge in [-0.1, -0.05) is 0 Å². The molecular formula is C21H26F3N3O2S. The van der Waals surface area contributed by atoms with Crippen molar-refractivity contribution in [3.63, 3.8) is 0 Å². The molecule has 5 fully saturated rings. The Labute approximate surface area is 178 Å². The molecule has 1 amide bonds. The van der Waals surface area contributed by atoms with Crippen LogP contribution in [0.25, 0.3) is 0 Å². The molecule has 0 spiro atoms. The van der Waals surface area contributed by atoms with Gasteiger partial charge in [0, 0.05) is 37.7 Å². The lowest BCUT2D eigenvalue weighted by Crippen LogP contribution is -2.63. The topological polar surface area (TPSA) is 45.7 Å². The summed E-state index contributed by atoms with van der Waals surface area (Å²) in [5, 5.41) is 0. The first-order valence-corrected chi connectivity index (χ1v) is 11.3. The molecule has 2 bridgehead atoms. The molecule has 30 heavy (non-hydrogen) atoms. The summed E-state index contributed by atoms with van der Waals surface area (Å²) >= 11 is 1.48. The van der Waals surface area contributed by atoms with Crippen LogP contribution in [0.3, 0.4) is 0 Å². The zero-order valence-electron chi connectivity index (χ0n) is 17.2. The third-order valence-electron chi connectivity index (χ3n) is 7.20. The number of nitrogens with zero attached hydrogens (tertiary/aromatic N) is 3. The van der Waals surface area contributed by atoms with E-state index in [1.54, 1.807) is 6.92 Å². The predicted octanol–water partition coefficient (Wildman–Crippen LogP) is 3.77. The van der Waals surface area contributed by atoms with Gasteiger partial charge in [0.2, 0.25) is 5.91 Å². The average Bonchev–Trinajstić information content (AvgIpc) is 3.19. The molecule has 1 aromatic rings. The molecule has 164 valence electrons. The molecule has 5 nitrogen and oxygen atoms in total. The van der Waals surface area contributed by atoms with E-state index in [1.807, 2.05) is 0 Å². The summed E-state index contributed by atoms with van der Waals surface area (Å²) < 4.78 is 46.5. The van der Waals surface area contributed by atoms with Gasteiger partial charge in [-0.15, -0.1) is 0 Å². The van der Waals surface area contributed by atoms with Crippen LogP contribution in [-0.4, -0.2) is 58.5 Å². The van der Waals surface area contributed by atoms with Gasteiger partial charge in [-0.05, 0) is 69.0 Å². The summed E-state index contributed by atoms with van der Waals surface area (Å²) in [6, 6.07) is 2.56. The number of aryl methyl sites for hydroxylation is 1. The third kappa shape index (κ3) is 3.42. The number of fused-ring (bicyclic) bond motifs is 3. The van der Waals surface area contributed by atoms with Crippen LogP contribution in [0, 0.1) is 24.2 Å². The van der Waals surface area contributed by atoms with E-state index in [-0.39, 0.29) is 11.0 Å². The second-order valence-electron chi connectivity index (χ2n) is 9.63. The maximum Gasteiger partial charge on any atom is 0.433 e. The van der Waals surface area contributed by atoms with Crippen LogP contribution in [0.1, 0.15) is 37.6 Å². The van der Waals surface area contributed by atoms with Crippen LogP contribution in [0.4, 0.5) is 13.2 Å². The van der Waals surface area contributed by atoms with Crippen molar-refractivity contribution in [2.24, 2.45) is 17.3 Å². The van der Waals surface area contributed by atoms with Gasteiger partial charge in [0.25, 0.3) is 0 Å². The van der Waals surface area contributed by atoms with Crippen molar-refractivity contribution in [3.8, 4) is 0 Å². The number of ether oxygens (including phenoxy) is 1. The Morgan fingerprint density at radius 1 is 1.20 bits per heavy atom. The highest BCUT2D eigenvalue weighted by atomic mass is 32.2. The molecule has 0 N–H and O–H groups in total. The lowest BCUT2D eigenvalue weighted by Gasteiger charge is -2.58. The van der Waals surface area contributed by atoms with Crippen molar-refractivity contribution in [3.05, 3.63) is 23.5 Å². The monoisotopic (exact) mass is 441 g/mol. The normalized spacial score (nSPS) is 36.0. The minimum Gasteiger partial charge on any atom is -0.375 e. The molecule has 1 saturated carbocycles. The van der Waals surface area contributed by atoms with Crippen molar-refractivity contribution in [1.82, 2.24) is 14.2 Å². The number of rotatable bonds is 3. The van der Waals surface area contributed by atoms with Gasteiger partial charge in [-0.2, -0.15) is 13.2 Å². The Kier molecular flexibility index (Phi) is 4.69. The molecule has 0 radical (unpaired) electrons. The summed E-state index contributed by atoms with van der Waals surface area (Å²) in [5.74, 6) is 1.15. The number of carbonyl (C=O) groups excluding carboxylic acids is 1. The van der Waals surface area contributed by atoms with Gasteiger partial charge in [0.05, 0.1) is 16.7 Å². The van der Waals surface area contributed by atoms with E-state index in [0.717, 1.165) is 56.4 Å². The molecule has 1 aliphatic carbocycles. The van der Waals surface area contributed by atoms with Crippen molar-refractivity contribution in [2.75, 3.05) is 32.8 Å². The third-order valence-corrected chi connectivity index (χ3v) is 8.39. The first-order chi connectivity index (χ1) is 14.1. The molecule has 4 saturated heterocycles. The Morgan fingerprint density at radius 2 is 1.87 bits per heavy atom. The lowest BCUT2D eigenvalue weighted by atomic mass is 9.56. The molecule has 9 heteroatoms. The van der Waals surface area contributed by atoms with E-state index in [2.05, 4.69) is 21.1 Å². The van der Waals surface area contributed by atoms with Gasteiger partial charge in [-0.25, -0.2) is 9.29 Å². The second-order valence-corrected chi connectivity index (χ2v) is 10.8. The Morgan fingerprint density at radius 3 is 2.43 bits per heavy atom. The summed E-state index contributed by atoms with van der Waals surface area (Å²) in [6.07, 6.45) is -1.91. The number of hydrogen-bond acceptors (Lipinski definition) is 5. The largest absolute Gasteiger partial charge is 0.433 e. The predicted molar refractivity (Wildman–Crippen MR) is 106 cm³/mol. The van der Waals surface area contributed by atoms with Gasteiger partial charge >= 0.3 is 6.18 Å². The van der Waals surface area contributed by atoms with E-state index < -0.39 is 11.9 Å². The Hall–Kier alpha value is -1.32. The highest BCUT2D eigenvalue weighted by molar-refractivity contribution is 7.97. The highest BCUT2D eigenvalue weighted by Crippen LogP contribution is 2.57. The number of alkyl halides is 3. The SMILES string of the molecule is Cc1nc(C(F)(F)F)ccc1SN1CC2CN(C(=O)C34CCOC(C)(C3)C4)CC2C1. The highest BCUT2D eigenvalue weighted by Gasteiger charge is 2.61. The Bertz CT molecular complexity index is 858. The first-order valence-electron chi connectivity index (χ1n) is 10.5. The maximum atomic E-state index is 13.2. The number of hydrogen-bond donors (Lipinski definition) is 0. The molecule has 1 aromatic heterocycles. The standard InChI is InChI=1S/C21H26F3N3O2S/c1-13-16(3-4-17(25-13)21(22,23)24)30-27-9-14-7-26(8-15(14)10-27)18(28)20-5-6-29-19(2,11-20)12-20/h3-4,14-15H,5-12H2,1-2H3. The smallest absolute Gasteiger partial charge is 0.375 e. The zero-order chi connectivity index (χ0) is 21.3. The number of pyridine rings is 1. The summed E-state index contributed by atoms with van der Waals surface area (Å²) in [4.78, 5) is 19.8. The minimum atomic E-state index is -4.42. The number of aromatic nitrogens is 1. The zero-order valence-corrected chi connectivity index (χ0v) is 18.0. The lowest BCUT2D eigenvalue weighted by molar-refractivity contribution is -0.220. The number of likely N-dealkylation sites (tertiary alicyclic amines) is 1. The van der Waals surface area contributed by atoms with Crippen LogP contribution >= 0.6 is 11.9 Å². The van der Waals surface area contributed by atoms with E-state index in [4.69, 9.17) is 4.74 Å². The molecule has 6 rings (SSSR count). The molecule has 4 aliphatic heterocycles. The van der Waals surface area contributed by atoms with Crippen LogP contribution in [0.2, 0.25) is 0 Å². The fraction of sp³-hybridized carbons (Fsp3) is 0.714. The van der Waals surface area contributed by atoms with Crippen molar-refractivity contribution in [2.45, 2.75) is 49.8 Å². The van der Waals surface area contributed by atoms with Gasteiger partial charge in [0.15, 0.2) is 0 Å². The minimum absolute atomic E-state index is 0.107. The van der Waals surface area contributed by atoms with E-state index >= 15 is 0 Å². The molecule has 2 atom stereocenters. The fourth-order valence-electron chi connectivity index (χ4n) is 5.88. The van der Waals surface area contributed by atoms with E-state index in [0.29, 0.717) is 30.0 Å². The number of amides is 1. The van der Waals surface area contributed by atoms with Crippen LogP contribution in [-0.2, 0) is 15.7 Å². The molecule has 5 heterocycles. The summed E-state index contributed by atoms with van der Waals surface area (Å²) in [7, 11) is 0. The quantitative estimate of drug-likeness (QED) is 0.669. The van der Waals surface area contributed by atoms with Crippen molar-refractivity contribution < 1.29 is 22.7 Å². The van der Waals surface area contributed by atoms with Crippen molar-refractivity contribution >= 4 is 17.9 Å². The number of carbonyl (C=O) groups is 1. The summed E-state index contributed by atoms with van der Waals surface area (Å²) in [6.45, 7) is 7.64. The first kappa shape index (κ1) is 20.6. The van der Waals surface area contributed by atoms with Crippen LogP contribution in [0.15, 0.2) is 17.0 Å².